The Bertz CT molecular complexity index is 555. The van der Waals surface area contributed by atoms with Crippen molar-refractivity contribution in [1.82, 2.24) is 4.98 Å². The van der Waals surface area contributed by atoms with E-state index in [-0.39, 0.29) is 18.4 Å². The summed E-state index contributed by atoms with van der Waals surface area (Å²) in [7, 11) is 0. The van der Waals surface area contributed by atoms with Gasteiger partial charge in [0.1, 0.15) is 11.6 Å². The van der Waals surface area contributed by atoms with Crippen LogP contribution in [0.5, 0.6) is 0 Å². The predicted octanol–water partition coefficient (Wildman–Crippen LogP) is 3.09. The Hall–Kier alpha value is -1.94. The van der Waals surface area contributed by atoms with E-state index in [2.05, 4.69) is 35.9 Å². The highest BCUT2D eigenvalue weighted by molar-refractivity contribution is 5.48. The minimum atomic E-state index is -0.349. The molecule has 0 unspecified atom stereocenters. The Morgan fingerprint density at radius 3 is 2.55 bits per heavy atom. The van der Waals surface area contributed by atoms with Gasteiger partial charge in [-0.05, 0) is 25.5 Å². The highest BCUT2D eigenvalue weighted by Gasteiger charge is 2.16. The van der Waals surface area contributed by atoms with E-state index < -0.39 is 0 Å². The topological polar surface area (TPSA) is 42.2 Å². The molecular formula is C16H20FN3. The van der Waals surface area contributed by atoms with E-state index >= 15 is 0 Å². The molecule has 2 aromatic rings. The molecule has 3 nitrogen and oxygen atoms in total. The molecule has 1 aromatic carbocycles. The summed E-state index contributed by atoms with van der Waals surface area (Å²) in [6, 6.07) is 11.9. The lowest BCUT2D eigenvalue weighted by Gasteiger charge is -2.29. The molecule has 1 heterocycles. The van der Waals surface area contributed by atoms with Crippen molar-refractivity contribution >= 4 is 5.82 Å². The Morgan fingerprint density at radius 2 is 1.95 bits per heavy atom. The van der Waals surface area contributed by atoms with E-state index in [9.17, 15) is 4.39 Å². The van der Waals surface area contributed by atoms with E-state index in [1.54, 1.807) is 0 Å². The Labute approximate surface area is 119 Å². The SMILES string of the molecule is CC(C)N(Cc1ccccc1)c1ncc(F)cc1CN. The van der Waals surface area contributed by atoms with E-state index in [1.165, 1.54) is 17.8 Å². The molecule has 2 N–H and O–H groups in total. The third-order valence-corrected chi connectivity index (χ3v) is 3.22. The molecule has 0 bridgehead atoms. The number of anilines is 1. The molecule has 0 aliphatic carbocycles. The van der Waals surface area contributed by atoms with Crippen LogP contribution in [0.4, 0.5) is 10.2 Å². The fourth-order valence-electron chi connectivity index (χ4n) is 2.16. The lowest BCUT2D eigenvalue weighted by Crippen LogP contribution is -2.32. The van der Waals surface area contributed by atoms with E-state index in [0.29, 0.717) is 0 Å². The molecule has 106 valence electrons. The monoisotopic (exact) mass is 273 g/mol. The van der Waals surface area contributed by atoms with Crippen LogP contribution in [0.2, 0.25) is 0 Å². The summed E-state index contributed by atoms with van der Waals surface area (Å²) < 4.78 is 13.3. The lowest BCUT2D eigenvalue weighted by molar-refractivity contribution is 0.611. The number of hydrogen-bond donors (Lipinski definition) is 1. The first-order valence-corrected chi connectivity index (χ1v) is 6.77. The Balaban J connectivity index is 2.34. The fraction of sp³-hybridized carbons (Fsp3) is 0.312. The molecular weight excluding hydrogens is 253 g/mol. The number of rotatable bonds is 5. The average Bonchev–Trinajstić information content (AvgIpc) is 2.46. The second-order valence-electron chi connectivity index (χ2n) is 5.05. The van der Waals surface area contributed by atoms with Crippen LogP contribution in [-0.2, 0) is 13.1 Å². The highest BCUT2D eigenvalue weighted by Crippen LogP contribution is 2.22. The number of pyridine rings is 1. The molecule has 4 heteroatoms. The minimum absolute atomic E-state index is 0.249. The maximum Gasteiger partial charge on any atom is 0.141 e. The number of hydrogen-bond acceptors (Lipinski definition) is 3. The number of aromatic nitrogens is 1. The van der Waals surface area contributed by atoms with Crippen LogP contribution in [0.25, 0.3) is 0 Å². The van der Waals surface area contributed by atoms with Gasteiger partial charge in [0.2, 0.25) is 0 Å². The quantitative estimate of drug-likeness (QED) is 0.910. The first-order valence-electron chi connectivity index (χ1n) is 6.77. The van der Waals surface area contributed by atoms with E-state index in [4.69, 9.17) is 5.73 Å². The zero-order chi connectivity index (χ0) is 14.5. The van der Waals surface area contributed by atoms with Crippen molar-refractivity contribution in [3.8, 4) is 0 Å². The van der Waals surface area contributed by atoms with Gasteiger partial charge in [-0.25, -0.2) is 9.37 Å². The van der Waals surface area contributed by atoms with Crippen molar-refractivity contribution < 1.29 is 4.39 Å². The van der Waals surface area contributed by atoms with Gasteiger partial charge in [0.25, 0.3) is 0 Å². The van der Waals surface area contributed by atoms with Crippen LogP contribution in [0.1, 0.15) is 25.0 Å². The van der Waals surface area contributed by atoms with Gasteiger partial charge in [-0.1, -0.05) is 30.3 Å². The third kappa shape index (κ3) is 3.33. The van der Waals surface area contributed by atoms with Gasteiger partial charge in [0.05, 0.1) is 6.20 Å². The highest BCUT2D eigenvalue weighted by atomic mass is 19.1. The molecule has 20 heavy (non-hydrogen) atoms. The van der Waals surface area contributed by atoms with E-state index in [1.807, 2.05) is 18.2 Å². The fourth-order valence-corrected chi connectivity index (χ4v) is 2.16. The molecule has 0 aliphatic rings. The second kappa shape index (κ2) is 6.48. The van der Waals surface area contributed by atoms with Crippen LogP contribution in [0.3, 0.4) is 0 Å². The Kier molecular flexibility index (Phi) is 4.69. The largest absolute Gasteiger partial charge is 0.350 e. The standard InChI is InChI=1S/C16H20FN3/c1-12(2)20(11-13-6-4-3-5-7-13)16-14(9-18)8-15(17)10-19-16/h3-8,10,12H,9,11,18H2,1-2H3. The van der Waals surface area contributed by atoms with Gasteiger partial charge < -0.3 is 10.6 Å². The second-order valence-corrected chi connectivity index (χ2v) is 5.05. The van der Waals surface area contributed by atoms with Crippen molar-refractivity contribution in [2.45, 2.75) is 33.0 Å². The molecule has 0 saturated carbocycles. The molecule has 2 rings (SSSR count). The smallest absolute Gasteiger partial charge is 0.141 e. The predicted molar refractivity (Wildman–Crippen MR) is 79.8 cm³/mol. The van der Waals surface area contributed by atoms with Crippen LogP contribution >= 0.6 is 0 Å². The molecule has 0 fully saturated rings. The van der Waals surface area contributed by atoms with Gasteiger partial charge in [0.15, 0.2) is 0 Å². The summed E-state index contributed by atoms with van der Waals surface area (Å²) in [4.78, 5) is 6.37. The summed E-state index contributed by atoms with van der Waals surface area (Å²) in [5, 5.41) is 0. The maximum absolute atomic E-state index is 13.3. The lowest BCUT2D eigenvalue weighted by atomic mass is 10.1. The molecule has 0 saturated heterocycles. The Morgan fingerprint density at radius 1 is 1.25 bits per heavy atom. The third-order valence-electron chi connectivity index (χ3n) is 3.22. The van der Waals surface area contributed by atoms with Crippen LogP contribution in [0, 0.1) is 5.82 Å². The van der Waals surface area contributed by atoms with Crippen molar-refractivity contribution in [2.75, 3.05) is 4.90 Å². The van der Waals surface area contributed by atoms with Crippen LogP contribution < -0.4 is 10.6 Å². The molecule has 0 amide bonds. The van der Waals surface area contributed by atoms with Crippen molar-refractivity contribution in [2.24, 2.45) is 5.73 Å². The zero-order valence-corrected chi connectivity index (χ0v) is 11.9. The number of benzene rings is 1. The van der Waals surface area contributed by atoms with Gasteiger partial charge in [-0.2, -0.15) is 0 Å². The molecule has 0 atom stereocenters. The summed E-state index contributed by atoms with van der Waals surface area (Å²) in [6.07, 6.45) is 1.24. The minimum Gasteiger partial charge on any atom is -0.350 e. The van der Waals surface area contributed by atoms with Crippen LogP contribution in [-0.4, -0.2) is 11.0 Å². The molecule has 1 aromatic heterocycles. The molecule has 0 radical (unpaired) electrons. The first kappa shape index (κ1) is 14.5. The van der Waals surface area contributed by atoms with E-state index in [0.717, 1.165) is 17.9 Å². The van der Waals surface area contributed by atoms with Gasteiger partial charge in [0, 0.05) is 24.7 Å². The van der Waals surface area contributed by atoms with Crippen molar-refractivity contribution in [1.29, 1.82) is 0 Å². The molecule has 0 aliphatic heterocycles. The zero-order valence-electron chi connectivity index (χ0n) is 11.9. The maximum atomic E-state index is 13.3. The summed E-state index contributed by atoms with van der Waals surface area (Å²) in [6.45, 7) is 5.19. The molecule has 0 spiro atoms. The van der Waals surface area contributed by atoms with Crippen LogP contribution in [0.15, 0.2) is 42.6 Å². The summed E-state index contributed by atoms with van der Waals surface area (Å²) in [5.41, 5.74) is 7.64. The number of halogens is 1. The first-order chi connectivity index (χ1) is 9.61. The normalized spacial score (nSPS) is 10.8. The number of nitrogens with zero attached hydrogens (tertiary/aromatic N) is 2. The van der Waals surface area contributed by atoms with Gasteiger partial charge in [-0.3, -0.25) is 0 Å². The summed E-state index contributed by atoms with van der Waals surface area (Å²) >= 11 is 0. The summed E-state index contributed by atoms with van der Waals surface area (Å²) in [5.74, 6) is 0.408. The van der Waals surface area contributed by atoms with Crippen molar-refractivity contribution in [3.63, 3.8) is 0 Å². The number of nitrogens with two attached hydrogens (primary N) is 1. The van der Waals surface area contributed by atoms with Gasteiger partial charge in [-0.15, -0.1) is 0 Å². The van der Waals surface area contributed by atoms with Crippen molar-refractivity contribution in [3.05, 3.63) is 59.5 Å². The average molecular weight is 273 g/mol. The van der Waals surface area contributed by atoms with Gasteiger partial charge >= 0.3 is 0 Å².